The maximum Gasteiger partial charge on any atom is 0.275 e. The summed E-state index contributed by atoms with van der Waals surface area (Å²) in [7, 11) is 0. The van der Waals surface area contributed by atoms with Crippen molar-refractivity contribution in [2.45, 2.75) is 27.7 Å². The van der Waals surface area contributed by atoms with Crippen LogP contribution in [-0.4, -0.2) is 12.5 Å². The van der Waals surface area contributed by atoms with Gasteiger partial charge in [-0.1, -0.05) is 31.5 Å². The van der Waals surface area contributed by atoms with Crippen LogP contribution in [0.2, 0.25) is 0 Å². The highest BCUT2D eigenvalue weighted by Crippen LogP contribution is 2.10. The van der Waals surface area contributed by atoms with Crippen molar-refractivity contribution in [3.05, 3.63) is 34.9 Å². The van der Waals surface area contributed by atoms with Crippen LogP contribution in [0.25, 0.3) is 0 Å². The van der Waals surface area contributed by atoms with Crippen molar-refractivity contribution in [2.75, 3.05) is 6.61 Å². The molecule has 88 valence electrons. The molecule has 0 aromatic heterocycles. The van der Waals surface area contributed by atoms with Crippen LogP contribution in [0.4, 0.5) is 0 Å². The maximum absolute atomic E-state index is 11.7. The van der Waals surface area contributed by atoms with Crippen molar-refractivity contribution >= 4 is 5.91 Å². The van der Waals surface area contributed by atoms with Gasteiger partial charge in [0.2, 0.25) is 0 Å². The molecule has 0 unspecified atom stereocenters. The highest BCUT2D eigenvalue weighted by Gasteiger charge is 2.08. The molecule has 16 heavy (non-hydrogen) atoms. The molecule has 0 fully saturated rings. The summed E-state index contributed by atoms with van der Waals surface area (Å²) < 4.78 is 0. The Morgan fingerprint density at radius 3 is 2.62 bits per heavy atom. The molecule has 0 spiro atoms. The second-order valence-electron chi connectivity index (χ2n) is 4.45. The van der Waals surface area contributed by atoms with E-state index >= 15 is 0 Å². The number of hydrogen-bond donors (Lipinski definition) is 1. The summed E-state index contributed by atoms with van der Waals surface area (Å²) in [5, 5.41) is 0. The molecule has 1 rings (SSSR count). The second kappa shape index (κ2) is 5.66. The molecule has 0 saturated heterocycles. The molecule has 0 aliphatic carbocycles. The Balaban J connectivity index is 2.59. The van der Waals surface area contributed by atoms with Crippen molar-refractivity contribution in [3.63, 3.8) is 0 Å². The zero-order valence-corrected chi connectivity index (χ0v) is 10.3. The molecule has 0 saturated carbocycles. The molecule has 1 N–H and O–H groups in total. The Hall–Kier alpha value is -1.35. The fourth-order valence-corrected chi connectivity index (χ4v) is 1.40. The lowest BCUT2D eigenvalue weighted by molar-refractivity contribution is 0.0208. The van der Waals surface area contributed by atoms with Gasteiger partial charge in [-0.3, -0.25) is 9.63 Å². The topological polar surface area (TPSA) is 38.3 Å². The first-order valence-corrected chi connectivity index (χ1v) is 5.50. The van der Waals surface area contributed by atoms with Gasteiger partial charge in [-0.25, -0.2) is 5.48 Å². The van der Waals surface area contributed by atoms with Crippen LogP contribution in [0.1, 0.15) is 35.3 Å². The molecule has 0 radical (unpaired) electrons. The van der Waals surface area contributed by atoms with Crippen molar-refractivity contribution in [2.24, 2.45) is 5.92 Å². The number of nitrogens with one attached hydrogen (secondary N) is 1. The number of amides is 1. The van der Waals surface area contributed by atoms with Crippen LogP contribution in [0.15, 0.2) is 18.2 Å². The van der Waals surface area contributed by atoms with Gasteiger partial charge in [-0.2, -0.15) is 0 Å². The molecule has 1 aromatic carbocycles. The van der Waals surface area contributed by atoms with Gasteiger partial charge in [-0.15, -0.1) is 0 Å². The number of hydroxylamine groups is 1. The summed E-state index contributed by atoms with van der Waals surface area (Å²) in [6.45, 7) is 8.51. The van der Waals surface area contributed by atoms with Gasteiger partial charge in [0.25, 0.3) is 5.91 Å². The van der Waals surface area contributed by atoms with E-state index in [9.17, 15) is 4.79 Å². The van der Waals surface area contributed by atoms with E-state index in [1.54, 1.807) is 0 Å². The Labute approximate surface area is 96.8 Å². The van der Waals surface area contributed by atoms with E-state index in [1.165, 1.54) is 0 Å². The van der Waals surface area contributed by atoms with Crippen molar-refractivity contribution in [3.8, 4) is 0 Å². The number of aryl methyl sites for hydroxylation is 2. The summed E-state index contributed by atoms with van der Waals surface area (Å²) in [6.07, 6.45) is 0. The average molecular weight is 221 g/mol. The van der Waals surface area contributed by atoms with Gasteiger partial charge < -0.3 is 0 Å². The fourth-order valence-electron chi connectivity index (χ4n) is 1.40. The monoisotopic (exact) mass is 221 g/mol. The summed E-state index contributed by atoms with van der Waals surface area (Å²) in [6, 6.07) is 5.72. The minimum Gasteiger partial charge on any atom is -0.273 e. The predicted octanol–water partition coefficient (Wildman–Crippen LogP) is 2.62. The molecular formula is C13H19NO2. The van der Waals surface area contributed by atoms with E-state index in [0.717, 1.165) is 11.1 Å². The van der Waals surface area contributed by atoms with Gasteiger partial charge in [-0.05, 0) is 31.4 Å². The Morgan fingerprint density at radius 1 is 1.38 bits per heavy atom. The van der Waals surface area contributed by atoms with Gasteiger partial charge in [0, 0.05) is 5.56 Å². The van der Waals surface area contributed by atoms with Gasteiger partial charge >= 0.3 is 0 Å². The minimum atomic E-state index is -0.182. The van der Waals surface area contributed by atoms with E-state index in [0.29, 0.717) is 18.1 Å². The normalized spacial score (nSPS) is 10.6. The second-order valence-corrected chi connectivity index (χ2v) is 4.45. The molecular weight excluding hydrogens is 202 g/mol. The van der Waals surface area contributed by atoms with Gasteiger partial charge in [0.15, 0.2) is 0 Å². The lowest BCUT2D eigenvalue weighted by Crippen LogP contribution is -2.26. The van der Waals surface area contributed by atoms with E-state index < -0.39 is 0 Å². The van der Waals surface area contributed by atoms with Crippen molar-refractivity contribution < 1.29 is 9.63 Å². The largest absolute Gasteiger partial charge is 0.275 e. The molecule has 3 nitrogen and oxygen atoms in total. The molecule has 0 heterocycles. The van der Waals surface area contributed by atoms with Crippen molar-refractivity contribution in [1.82, 2.24) is 5.48 Å². The zero-order valence-electron chi connectivity index (χ0n) is 10.3. The Morgan fingerprint density at radius 2 is 2.06 bits per heavy atom. The molecule has 0 bridgehead atoms. The van der Waals surface area contributed by atoms with Crippen LogP contribution in [-0.2, 0) is 4.84 Å². The summed E-state index contributed by atoms with van der Waals surface area (Å²) in [5.74, 6) is 0.220. The first kappa shape index (κ1) is 12.7. The van der Waals surface area contributed by atoms with Gasteiger partial charge in [0.05, 0.1) is 6.61 Å². The minimum absolute atomic E-state index is 0.182. The molecule has 1 aromatic rings. The van der Waals surface area contributed by atoms with E-state index in [2.05, 4.69) is 5.48 Å². The van der Waals surface area contributed by atoms with Gasteiger partial charge in [0.1, 0.15) is 0 Å². The zero-order chi connectivity index (χ0) is 12.1. The van der Waals surface area contributed by atoms with Crippen LogP contribution < -0.4 is 5.48 Å². The van der Waals surface area contributed by atoms with Crippen molar-refractivity contribution in [1.29, 1.82) is 0 Å². The summed E-state index contributed by atoms with van der Waals surface area (Å²) in [4.78, 5) is 16.8. The SMILES string of the molecule is Cc1ccc(C(=O)NOCC(C)C)c(C)c1. The highest BCUT2D eigenvalue weighted by atomic mass is 16.6. The first-order valence-electron chi connectivity index (χ1n) is 5.50. The fraction of sp³-hybridized carbons (Fsp3) is 0.462. The van der Waals surface area contributed by atoms with E-state index in [-0.39, 0.29) is 5.91 Å². The third-order valence-electron chi connectivity index (χ3n) is 2.21. The lowest BCUT2D eigenvalue weighted by Gasteiger charge is -2.09. The third kappa shape index (κ3) is 3.66. The third-order valence-corrected chi connectivity index (χ3v) is 2.21. The quantitative estimate of drug-likeness (QED) is 0.794. The maximum atomic E-state index is 11.7. The standard InChI is InChI=1S/C13H19NO2/c1-9(2)8-16-14-13(15)12-6-5-10(3)7-11(12)4/h5-7,9H,8H2,1-4H3,(H,14,15). The van der Waals surface area contributed by atoms with Crippen LogP contribution in [0.3, 0.4) is 0 Å². The predicted molar refractivity (Wildman–Crippen MR) is 64.2 cm³/mol. The van der Waals surface area contributed by atoms with Crippen LogP contribution >= 0.6 is 0 Å². The molecule has 0 atom stereocenters. The number of benzene rings is 1. The van der Waals surface area contributed by atoms with E-state index in [1.807, 2.05) is 45.9 Å². The number of rotatable bonds is 4. The Kier molecular flexibility index (Phi) is 4.50. The number of carbonyl (C=O) groups is 1. The number of carbonyl (C=O) groups excluding carboxylic acids is 1. The number of hydrogen-bond acceptors (Lipinski definition) is 2. The average Bonchev–Trinajstić information content (AvgIpc) is 2.16. The molecule has 1 amide bonds. The van der Waals surface area contributed by atoms with E-state index in [4.69, 9.17) is 4.84 Å². The van der Waals surface area contributed by atoms with Crippen LogP contribution in [0.5, 0.6) is 0 Å². The Bertz CT molecular complexity index is 372. The first-order chi connectivity index (χ1) is 7.50. The highest BCUT2D eigenvalue weighted by molar-refractivity contribution is 5.94. The van der Waals surface area contributed by atoms with Crippen LogP contribution in [0, 0.1) is 19.8 Å². The molecule has 0 aliphatic rings. The molecule has 3 heteroatoms. The summed E-state index contributed by atoms with van der Waals surface area (Å²) >= 11 is 0. The lowest BCUT2D eigenvalue weighted by atomic mass is 10.1. The smallest absolute Gasteiger partial charge is 0.273 e. The molecule has 0 aliphatic heterocycles. The summed E-state index contributed by atoms with van der Waals surface area (Å²) in [5.41, 5.74) is 5.23.